The average Bonchev–Trinajstić information content (AvgIpc) is 2.54. The Hall–Kier alpha value is -3.00. The molecule has 0 bridgehead atoms. The van der Waals surface area contributed by atoms with Crippen LogP contribution in [-0.4, -0.2) is 12.5 Å². The van der Waals surface area contributed by atoms with Crippen molar-refractivity contribution in [2.75, 3.05) is 17.7 Å². The molecule has 22 heavy (non-hydrogen) atoms. The number of rotatable bonds is 6. The molecule has 5 heteroatoms. The summed E-state index contributed by atoms with van der Waals surface area (Å²) in [5.74, 6) is 0.591. The van der Waals surface area contributed by atoms with Crippen molar-refractivity contribution in [1.82, 2.24) is 0 Å². The summed E-state index contributed by atoms with van der Waals surface area (Å²) < 4.78 is 5.52. The van der Waals surface area contributed by atoms with Gasteiger partial charge in [-0.3, -0.25) is 4.79 Å². The van der Waals surface area contributed by atoms with Gasteiger partial charge < -0.3 is 15.8 Å². The second-order valence-corrected chi connectivity index (χ2v) is 4.72. The molecule has 0 aliphatic rings. The fourth-order valence-corrected chi connectivity index (χ4v) is 1.87. The van der Waals surface area contributed by atoms with Crippen LogP contribution >= 0.6 is 0 Å². The lowest BCUT2D eigenvalue weighted by Gasteiger charge is -2.08. The molecule has 3 N–H and O–H groups in total. The summed E-state index contributed by atoms with van der Waals surface area (Å²) in [6.45, 7) is 0.434. The number of benzene rings is 2. The molecule has 0 spiro atoms. The Kier molecular flexibility index (Phi) is 5.38. The van der Waals surface area contributed by atoms with E-state index >= 15 is 0 Å². The standard InChI is InChI=1S/C17H17N3O2/c18-12-13-7-9-14(10-8-13)22-11-3-6-17(21)20-16-5-2-1-4-15(16)19/h1-2,4-5,7-10H,3,6,11,19H2,(H,20,21). The van der Waals surface area contributed by atoms with Crippen molar-refractivity contribution in [3.05, 3.63) is 54.1 Å². The lowest BCUT2D eigenvalue weighted by Crippen LogP contribution is -2.13. The Morgan fingerprint density at radius 2 is 1.91 bits per heavy atom. The first-order valence-corrected chi connectivity index (χ1v) is 6.96. The molecule has 2 aromatic rings. The smallest absolute Gasteiger partial charge is 0.224 e. The number of para-hydroxylation sites is 2. The highest BCUT2D eigenvalue weighted by atomic mass is 16.5. The first-order valence-electron chi connectivity index (χ1n) is 6.96. The number of nitriles is 1. The zero-order valence-corrected chi connectivity index (χ0v) is 12.1. The number of hydrogen-bond acceptors (Lipinski definition) is 4. The van der Waals surface area contributed by atoms with Crippen LogP contribution in [-0.2, 0) is 4.79 Å². The van der Waals surface area contributed by atoms with Crippen molar-refractivity contribution >= 4 is 17.3 Å². The molecular weight excluding hydrogens is 278 g/mol. The summed E-state index contributed by atoms with van der Waals surface area (Å²) in [6.07, 6.45) is 0.948. The van der Waals surface area contributed by atoms with Crippen LogP contribution in [0.3, 0.4) is 0 Å². The summed E-state index contributed by atoms with van der Waals surface area (Å²) in [5.41, 5.74) is 7.52. The largest absolute Gasteiger partial charge is 0.494 e. The van der Waals surface area contributed by atoms with Crippen LogP contribution in [0.1, 0.15) is 18.4 Å². The highest BCUT2D eigenvalue weighted by Gasteiger charge is 2.04. The monoisotopic (exact) mass is 295 g/mol. The zero-order valence-electron chi connectivity index (χ0n) is 12.1. The predicted molar refractivity (Wildman–Crippen MR) is 85.4 cm³/mol. The van der Waals surface area contributed by atoms with Crippen LogP contribution in [0.2, 0.25) is 0 Å². The number of nitrogens with one attached hydrogen (secondary N) is 1. The number of hydrogen-bond donors (Lipinski definition) is 2. The summed E-state index contributed by atoms with van der Waals surface area (Å²) in [5, 5.41) is 11.5. The molecule has 0 saturated carbocycles. The lowest BCUT2D eigenvalue weighted by atomic mass is 10.2. The van der Waals surface area contributed by atoms with Crippen LogP contribution in [0.15, 0.2) is 48.5 Å². The summed E-state index contributed by atoms with van der Waals surface area (Å²) in [4.78, 5) is 11.8. The van der Waals surface area contributed by atoms with E-state index in [4.69, 9.17) is 15.7 Å². The maximum absolute atomic E-state index is 11.8. The zero-order chi connectivity index (χ0) is 15.8. The molecular formula is C17H17N3O2. The molecule has 0 radical (unpaired) electrons. The predicted octanol–water partition coefficient (Wildman–Crippen LogP) is 2.94. The van der Waals surface area contributed by atoms with E-state index in [1.54, 1.807) is 36.4 Å². The molecule has 2 rings (SSSR count). The van der Waals surface area contributed by atoms with E-state index in [9.17, 15) is 4.79 Å². The van der Waals surface area contributed by atoms with Gasteiger partial charge >= 0.3 is 0 Å². The Balaban J connectivity index is 1.71. The van der Waals surface area contributed by atoms with Gasteiger partial charge in [0.2, 0.25) is 5.91 Å². The molecule has 5 nitrogen and oxygen atoms in total. The average molecular weight is 295 g/mol. The number of nitrogen functional groups attached to an aromatic ring is 1. The number of ether oxygens (including phenoxy) is 1. The minimum Gasteiger partial charge on any atom is -0.494 e. The number of nitrogens with zero attached hydrogens (tertiary/aromatic N) is 1. The fraction of sp³-hybridized carbons (Fsp3) is 0.176. The Bertz CT molecular complexity index is 675. The van der Waals surface area contributed by atoms with Gasteiger partial charge in [-0.25, -0.2) is 0 Å². The molecule has 0 heterocycles. The maximum atomic E-state index is 11.8. The van der Waals surface area contributed by atoms with E-state index in [-0.39, 0.29) is 5.91 Å². The van der Waals surface area contributed by atoms with E-state index in [0.717, 1.165) is 0 Å². The Morgan fingerprint density at radius 3 is 2.59 bits per heavy atom. The van der Waals surface area contributed by atoms with E-state index in [2.05, 4.69) is 5.32 Å². The van der Waals surface area contributed by atoms with Gasteiger partial charge in [0.15, 0.2) is 0 Å². The number of nitrogens with two attached hydrogens (primary N) is 1. The second kappa shape index (κ2) is 7.70. The molecule has 1 amide bonds. The Morgan fingerprint density at radius 1 is 1.18 bits per heavy atom. The molecule has 0 aliphatic carbocycles. The SMILES string of the molecule is N#Cc1ccc(OCCCC(=O)Nc2ccccc2N)cc1. The second-order valence-electron chi connectivity index (χ2n) is 4.72. The number of carbonyl (C=O) groups is 1. The van der Waals surface area contributed by atoms with Gasteiger partial charge in [0.05, 0.1) is 29.6 Å². The van der Waals surface area contributed by atoms with Gasteiger partial charge in [-0.1, -0.05) is 12.1 Å². The van der Waals surface area contributed by atoms with Gasteiger partial charge in [-0.15, -0.1) is 0 Å². The Labute approximate surface area is 129 Å². The summed E-state index contributed by atoms with van der Waals surface area (Å²) in [6, 6.07) is 16.1. The van der Waals surface area contributed by atoms with Crippen LogP contribution < -0.4 is 15.8 Å². The van der Waals surface area contributed by atoms with Crippen molar-refractivity contribution < 1.29 is 9.53 Å². The molecule has 0 fully saturated rings. The highest BCUT2D eigenvalue weighted by molar-refractivity contribution is 5.93. The normalized spacial score (nSPS) is 9.77. The molecule has 2 aromatic carbocycles. The fourth-order valence-electron chi connectivity index (χ4n) is 1.87. The first-order chi connectivity index (χ1) is 10.7. The van der Waals surface area contributed by atoms with Crippen molar-refractivity contribution in [3.8, 4) is 11.8 Å². The third kappa shape index (κ3) is 4.53. The third-order valence-corrected chi connectivity index (χ3v) is 3.04. The molecule has 112 valence electrons. The van der Waals surface area contributed by atoms with E-state index in [1.165, 1.54) is 0 Å². The minimum atomic E-state index is -0.0960. The lowest BCUT2D eigenvalue weighted by molar-refractivity contribution is -0.116. The van der Waals surface area contributed by atoms with Gasteiger partial charge in [-0.2, -0.15) is 5.26 Å². The van der Waals surface area contributed by atoms with E-state index in [1.807, 2.05) is 18.2 Å². The maximum Gasteiger partial charge on any atom is 0.224 e. The number of anilines is 2. The van der Waals surface area contributed by atoms with E-state index < -0.39 is 0 Å². The molecule has 0 aromatic heterocycles. The molecule has 0 unspecified atom stereocenters. The quantitative estimate of drug-likeness (QED) is 0.633. The van der Waals surface area contributed by atoms with Gasteiger partial charge in [0, 0.05) is 6.42 Å². The van der Waals surface area contributed by atoms with Crippen LogP contribution in [0.5, 0.6) is 5.75 Å². The van der Waals surface area contributed by atoms with Gasteiger partial charge in [-0.05, 0) is 42.8 Å². The summed E-state index contributed by atoms with van der Waals surface area (Å²) >= 11 is 0. The van der Waals surface area contributed by atoms with Crippen molar-refractivity contribution in [1.29, 1.82) is 5.26 Å². The third-order valence-electron chi connectivity index (χ3n) is 3.04. The van der Waals surface area contributed by atoms with Crippen LogP contribution in [0.4, 0.5) is 11.4 Å². The van der Waals surface area contributed by atoms with E-state index in [0.29, 0.717) is 42.1 Å². The topological polar surface area (TPSA) is 88.1 Å². The number of carbonyl (C=O) groups excluding carboxylic acids is 1. The molecule has 0 atom stereocenters. The number of amides is 1. The first kappa shape index (κ1) is 15.4. The van der Waals surface area contributed by atoms with Crippen molar-refractivity contribution in [2.24, 2.45) is 0 Å². The van der Waals surface area contributed by atoms with Crippen LogP contribution in [0, 0.1) is 11.3 Å². The summed E-state index contributed by atoms with van der Waals surface area (Å²) in [7, 11) is 0. The molecule has 0 aliphatic heterocycles. The van der Waals surface area contributed by atoms with Crippen molar-refractivity contribution in [2.45, 2.75) is 12.8 Å². The minimum absolute atomic E-state index is 0.0960. The van der Waals surface area contributed by atoms with Crippen LogP contribution in [0.25, 0.3) is 0 Å². The highest BCUT2D eigenvalue weighted by Crippen LogP contribution is 2.17. The van der Waals surface area contributed by atoms with Crippen molar-refractivity contribution in [3.63, 3.8) is 0 Å². The van der Waals surface area contributed by atoms with Gasteiger partial charge in [0.25, 0.3) is 0 Å². The van der Waals surface area contributed by atoms with Gasteiger partial charge in [0.1, 0.15) is 5.75 Å². The molecule has 0 saturated heterocycles.